The number of benzene rings is 1. The quantitative estimate of drug-likeness (QED) is 0.853. The van der Waals surface area contributed by atoms with E-state index in [4.69, 9.17) is 0 Å². The first-order valence-electron chi connectivity index (χ1n) is 6.71. The molecule has 0 aliphatic carbocycles. The first-order valence-corrected chi connectivity index (χ1v) is 6.71. The average Bonchev–Trinajstić information content (AvgIpc) is 2.78. The number of fused-ring (bicyclic) bond motifs is 1. The van der Waals surface area contributed by atoms with Gasteiger partial charge in [-0.2, -0.15) is 0 Å². The standard InChI is InChI=1S/C16H13N3O3/c1-9-7-12(14(20)17-2)18-13(8-9)19-15(21)10-5-3-4-6-11(10)16(19)22/h3-8H,1-2H3,(H,17,20). The van der Waals surface area contributed by atoms with Crippen molar-refractivity contribution in [3.63, 3.8) is 0 Å². The number of amides is 3. The number of anilines is 1. The number of aryl methyl sites for hydroxylation is 1. The van der Waals surface area contributed by atoms with Crippen LogP contribution >= 0.6 is 0 Å². The van der Waals surface area contributed by atoms with Gasteiger partial charge < -0.3 is 5.32 Å². The van der Waals surface area contributed by atoms with Gasteiger partial charge in [-0.1, -0.05) is 12.1 Å². The first kappa shape index (κ1) is 13.9. The van der Waals surface area contributed by atoms with Gasteiger partial charge in [0.1, 0.15) is 11.5 Å². The highest BCUT2D eigenvalue weighted by Gasteiger charge is 2.37. The van der Waals surface area contributed by atoms with Crippen molar-refractivity contribution < 1.29 is 14.4 Å². The van der Waals surface area contributed by atoms with E-state index >= 15 is 0 Å². The summed E-state index contributed by atoms with van der Waals surface area (Å²) in [5.74, 6) is -1.07. The number of pyridine rings is 1. The zero-order chi connectivity index (χ0) is 15.9. The van der Waals surface area contributed by atoms with E-state index in [9.17, 15) is 14.4 Å². The zero-order valence-corrected chi connectivity index (χ0v) is 12.1. The van der Waals surface area contributed by atoms with Crippen LogP contribution in [0.1, 0.15) is 36.8 Å². The molecule has 3 rings (SSSR count). The normalized spacial score (nSPS) is 13.3. The maximum Gasteiger partial charge on any atom is 0.269 e. The maximum atomic E-state index is 12.4. The van der Waals surface area contributed by atoms with Crippen LogP contribution in [0.5, 0.6) is 0 Å². The van der Waals surface area contributed by atoms with Crippen LogP contribution in [-0.4, -0.2) is 29.8 Å². The summed E-state index contributed by atoms with van der Waals surface area (Å²) >= 11 is 0. The summed E-state index contributed by atoms with van der Waals surface area (Å²) in [4.78, 5) is 41.8. The Morgan fingerprint density at radius 2 is 1.68 bits per heavy atom. The van der Waals surface area contributed by atoms with Crippen molar-refractivity contribution in [2.24, 2.45) is 0 Å². The number of nitrogens with one attached hydrogen (secondary N) is 1. The molecule has 1 aliphatic rings. The third-order valence-electron chi connectivity index (χ3n) is 3.44. The second kappa shape index (κ2) is 5.07. The number of hydrogen-bond donors (Lipinski definition) is 1. The van der Waals surface area contributed by atoms with E-state index in [0.29, 0.717) is 11.1 Å². The summed E-state index contributed by atoms with van der Waals surface area (Å²) in [6, 6.07) is 9.81. The number of nitrogens with zero attached hydrogens (tertiary/aromatic N) is 2. The van der Waals surface area contributed by atoms with Crippen LogP contribution in [0.15, 0.2) is 36.4 Å². The Morgan fingerprint density at radius 3 is 2.23 bits per heavy atom. The van der Waals surface area contributed by atoms with Crippen molar-refractivity contribution >= 4 is 23.5 Å². The highest BCUT2D eigenvalue weighted by molar-refractivity contribution is 6.34. The van der Waals surface area contributed by atoms with E-state index in [1.165, 1.54) is 7.05 Å². The highest BCUT2D eigenvalue weighted by atomic mass is 16.2. The van der Waals surface area contributed by atoms with Gasteiger partial charge in [-0.3, -0.25) is 14.4 Å². The van der Waals surface area contributed by atoms with Crippen molar-refractivity contribution in [2.45, 2.75) is 6.92 Å². The molecule has 1 aliphatic heterocycles. The molecule has 2 aromatic rings. The van der Waals surface area contributed by atoms with Crippen LogP contribution < -0.4 is 10.2 Å². The van der Waals surface area contributed by atoms with Gasteiger partial charge >= 0.3 is 0 Å². The molecule has 0 saturated carbocycles. The fourth-order valence-corrected chi connectivity index (χ4v) is 2.41. The molecular weight excluding hydrogens is 282 g/mol. The van der Waals surface area contributed by atoms with Gasteiger partial charge in [0.2, 0.25) is 0 Å². The molecule has 3 amide bonds. The molecule has 22 heavy (non-hydrogen) atoms. The molecule has 2 heterocycles. The van der Waals surface area contributed by atoms with Gasteiger partial charge in [0, 0.05) is 7.05 Å². The number of aromatic nitrogens is 1. The minimum Gasteiger partial charge on any atom is -0.354 e. The molecule has 6 nitrogen and oxygen atoms in total. The van der Waals surface area contributed by atoms with Gasteiger partial charge in [0.25, 0.3) is 17.7 Å². The average molecular weight is 295 g/mol. The SMILES string of the molecule is CNC(=O)c1cc(C)cc(N2C(=O)c3ccccc3C2=O)n1. The van der Waals surface area contributed by atoms with Crippen LogP contribution in [0.25, 0.3) is 0 Å². The molecular formula is C16H13N3O3. The molecule has 0 spiro atoms. The summed E-state index contributed by atoms with van der Waals surface area (Å²) < 4.78 is 0. The van der Waals surface area contributed by atoms with E-state index in [1.807, 2.05) is 0 Å². The van der Waals surface area contributed by atoms with Gasteiger partial charge in [-0.05, 0) is 36.8 Å². The van der Waals surface area contributed by atoms with Gasteiger partial charge in [-0.15, -0.1) is 0 Å². The first-order chi connectivity index (χ1) is 10.5. The smallest absolute Gasteiger partial charge is 0.269 e. The third-order valence-corrected chi connectivity index (χ3v) is 3.44. The lowest BCUT2D eigenvalue weighted by Crippen LogP contribution is -2.31. The summed E-state index contributed by atoms with van der Waals surface area (Å²) in [7, 11) is 1.49. The van der Waals surface area contributed by atoms with Crippen LogP contribution in [0.3, 0.4) is 0 Å². The number of carbonyl (C=O) groups is 3. The zero-order valence-electron chi connectivity index (χ0n) is 12.1. The number of carbonyl (C=O) groups excluding carboxylic acids is 3. The molecule has 0 atom stereocenters. The number of rotatable bonds is 2. The van der Waals surface area contributed by atoms with Gasteiger partial charge in [-0.25, -0.2) is 9.88 Å². The highest BCUT2D eigenvalue weighted by Crippen LogP contribution is 2.27. The maximum absolute atomic E-state index is 12.4. The monoisotopic (exact) mass is 295 g/mol. The topological polar surface area (TPSA) is 79.4 Å². The molecule has 0 saturated heterocycles. The van der Waals surface area contributed by atoms with E-state index in [1.54, 1.807) is 43.3 Å². The summed E-state index contributed by atoms with van der Waals surface area (Å²) in [5.41, 5.74) is 1.59. The molecule has 6 heteroatoms. The Kier molecular flexibility index (Phi) is 3.21. The fraction of sp³-hybridized carbons (Fsp3) is 0.125. The third kappa shape index (κ3) is 2.05. The van der Waals surface area contributed by atoms with Crippen molar-refractivity contribution in [2.75, 3.05) is 11.9 Å². The van der Waals surface area contributed by atoms with Crippen LogP contribution in [-0.2, 0) is 0 Å². The van der Waals surface area contributed by atoms with E-state index < -0.39 is 11.8 Å². The lowest BCUT2D eigenvalue weighted by Gasteiger charge is -2.14. The van der Waals surface area contributed by atoms with Crippen molar-refractivity contribution in [1.29, 1.82) is 0 Å². The molecule has 110 valence electrons. The Morgan fingerprint density at radius 1 is 1.09 bits per heavy atom. The Labute approximate surface area is 126 Å². The predicted octanol–water partition coefficient (Wildman–Crippen LogP) is 1.55. The van der Waals surface area contributed by atoms with E-state index in [2.05, 4.69) is 10.3 Å². The number of hydrogen-bond acceptors (Lipinski definition) is 4. The van der Waals surface area contributed by atoms with Crippen molar-refractivity contribution in [1.82, 2.24) is 10.3 Å². The van der Waals surface area contributed by atoms with E-state index in [-0.39, 0.29) is 17.4 Å². The predicted molar refractivity (Wildman–Crippen MR) is 79.9 cm³/mol. The summed E-state index contributed by atoms with van der Waals surface area (Å²) in [5, 5.41) is 2.48. The van der Waals surface area contributed by atoms with Gasteiger partial charge in [0.15, 0.2) is 0 Å². The second-order valence-electron chi connectivity index (χ2n) is 4.96. The fourth-order valence-electron chi connectivity index (χ4n) is 2.41. The van der Waals surface area contributed by atoms with Crippen LogP contribution in [0, 0.1) is 6.92 Å². The second-order valence-corrected chi connectivity index (χ2v) is 4.96. The lowest BCUT2D eigenvalue weighted by atomic mass is 10.1. The molecule has 0 unspecified atom stereocenters. The van der Waals surface area contributed by atoms with Crippen molar-refractivity contribution in [3.8, 4) is 0 Å². The van der Waals surface area contributed by atoms with Crippen molar-refractivity contribution in [3.05, 3.63) is 58.8 Å². The lowest BCUT2D eigenvalue weighted by molar-refractivity contribution is 0.0917. The molecule has 0 fully saturated rings. The summed E-state index contributed by atoms with van der Waals surface area (Å²) in [6.45, 7) is 1.77. The summed E-state index contributed by atoms with van der Waals surface area (Å²) in [6.07, 6.45) is 0. The molecule has 1 N–H and O–H groups in total. The minimum absolute atomic E-state index is 0.157. The Bertz CT molecular complexity index is 779. The van der Waals surface area contributed by atoms with Gasteiger partial charge in [0.05, 0.1) is 11.1 Å². The number of imide groups is 1. The largest absolute Gasteiger partial charge is 0.354 e. The Balaban J connectivity index is 2.10. The van der Waals surface area contributed by atoms with Crippen LogP contribution in [0.4, 0.5) is 5.82 Å². The molecule has 0 bridgehead atoms. The van der Waals surface area contributed by atoms with E-state index in [0.717, 1.165) is 10.5 Å². The minimum atomic E-state index is -0.429. The van der Waals surface area contributed by atoms with Crippen LogP contribution in [0.2, 0.25) is 0 Å². The molecule has 1 aromatic heterocycles. The molecule has 1 aromatic carbocycles. The Hall–Kier alpha value is -3.02. The molecule has 0 radical (unpaired) electrons.